The van der Waals surface area contributed by atoms with Crippen molar-refractivity contribution >= 4 is 11.8 Å². The number of nitrogens with one attached hydrogen (secondary N) is 1. The molecule has 72 valence electrons. The number of H-pyrrole nitrogens is 1. The standard InChI is InChI=1S/C6H5N5O3/c7-6-8-2-4(14-6)3-1-5(10-9-3)11(12)13/h1-2H,(H2,7,8)(H,9,10). The summed E-state index contributed by atoms with van der Waals surface area (Å²) >= 11 is 0. The Morgan fingerprint density at radius 1 is 1.64 bits per heavy atom. The van der Waals surface area contributed by atoms with Gasteiger partial charge in [0.2, 0.25) is 0 Å². The molecule has 0 saturated carbocycles. The fourth-order valence-electron chi connectivity index (χ4n) is 0.937. The van der Waals surface area contributed by atoms with Crippen LogP contribution in [-0.4, -0.2) is 20.1 Å². The maximum Gasteiger partial charge on any atom is 0.343 e. The van der Waals surface area contributed by atoms with Crippen LogP contribution < -0.4 is 5.73 Å². The first-order valence-electron chi connectivity index (χ1n) is 3.58. The van der Waals surface area contributed by atoms with Crippen LogP contribution in [0.4, 0.5) is 11.8 Å². The molecule has 0 bridgehead atoms. The largest absolute Gasteiger partial charge is 0.422 e. The summed E-state index contributed by atoms with van der Waals surface area (Å²) in [5, 5.41) is 16.2. The molecule has 0 aliphatic carbocycles. The number of nitro groups is 1. The molecule has 0 fully saturated rings. The molecule has 0 amide bonds. The molecule has 0 unspecified atom stereocenters. The third-order valence-corrected chi connectivity index (χ3v) is 1.54. The van der Waals surface area contributed by atoms with Crippen molar-refractivity contribution in [3.8, 4) is 11.5 Å². The summed E-state index contributed by atoms with van der Waals surface area (Å²) in [5.41, 5.74) is 5.53. The molecule has 0 radical (unpaired) electrons. The molecule has 2 aromatic heterocycles. The Kier molecular flexibility index (Phi) is 1.67. The van der Waals surface area contributed by atoms with Gasteiger partial charge < -0.3 is 20.3 Å². The van der Waals surface area contributed by atoms with E-state index in [0.717, 1.165) is 0 Å². The third-order valence-electron chi connectivity index (χ3n) is 1.54. The Morgan fingerprint density at radius 2 is 2.43 bits per heavy atom. The Balaban J connectivity index is 2.38. The number of aromatic nitrogens is 3. The second-order valence-electron chi connectivity index (χ2n) is 2.46. The number of nitrogens with two attached hydrogens (primary N) is 1. The van der Waals surface area contributed by atoms with Crippen LogP contribution in [0, 0.1) is 10.1 Å². The van der Waals surface area contributed by atoms with E-state index in [1.807, 2.05) is 0 Å². The zero-order valence-electron chi connectivity index (χ0n) is 6.80. The van der Waals surface area contributed by atoms with Gasteiger partial charge in [0.05, 0.1) is 12.3 Å². The molecule has 2 rings (SSSR count). The number of hydrogen-bond donors (Lipinski definition) is 2. The molecule has 0 spiro atoms. The third kappa shape index (κ3) is 1.28. The minimum atomic E-state index is -0.587. The normalized spacial score (nSPS) is 10.3. The predicted molar refractivity (Wildman–Crippen MR) is 45.2 cm³/mol. The summed E-state index contributed by atoms with van der Waals surface area (Å²) in [4.78, 5) is 13.4. The summed E-state index contributed by atoms with van der Waals surface area (Å²) in [6.07, 6.45) is 1.34. The number of nitrogen functional groups attached to an aromatic ring is 1. The fourth-order valence-corrected chi connectivity index (χ4v) is 0.937. The molecule has 3 N–H and O–H groups in total. The van der Waals surface area contributed by atoms with Gasteiger partial charge in [0.15, 0.2) is 11.5 Å². The highest BCUT2D eigenvalue weighted by Crippen LogP contribution is 2.21. The molecule has 14 heavy (non-hydrogen) atoms. The van der Waals surface area contributed by atoms with Crippen LogP contribution in [-0.2, 0) is 0 Å². The van der Waals surface area contributed by atoms with E-state index in [9.17, 15) is 10.1 Å². The first-order chi connectivity index (χ1) is 6.66. The van der Waals surface area contributed by atoms with Crippen molar-refractivity contribution < 1.29 is 9.34 Å². The van der Waals surface area contributed by atoms with Gasteiger partial charge in [0.25, 0.3) is 6.01 Å². The lowest BCUT2D eigenvalue weighted by atomic mass is 10.3. The summed E-state index contributed by atoms with van der Waals surface area (Å²) in [5.74, 6) is 0.0711. The SMILES string of the molecule is Nc1ncc(-c2cc([N+](=O)[O-])[nH]n2)o1. The Morgan fingerprint density at radius 3 is 2.93 bits per heavy atom. The first-order valence-corrected chi connectivity index (χ1v) is 3.58. The van der Waals surface area contributed by atoms with Crippen molar-refractivity contribution in [2.24, 2.45) is 0 Å². The molecule has 2 heterocycles. The van der Waals surface area contributed by atoms with E-state index < -0.39 is 4.92 Å². The zero-order chi connectivity index (χ0) is 10.1. The molecular weight excluding hydrogens is 190 g/mol. The van der Waals surface area contributed by atoms with Gasteiger partial charge in [-0.05, 0) is 4.92 Å². The van der Waals surface area contributed by atoms with E-state index in [-0.39, 0.29) is 17.6 Å². The lowest BCUT2D eigenvalue weighted by Crippen LogP contribution is -1.86. The predicted octanol–water partition coefficient (Wildman–Crippen LogP) is 0.555. The quantitative estimate of drug-likeness (QED) is 0.532. The number of aromatic amines is 1. The second-order valence-corrected chi connectivity index (χ2v) is 2.46. The summed E-state index contributed by atoms with van der Waals surface area (Å²) in [7, 11) is 0. The lowest BCUT2D eigenvalue weighted by molar-refractivity contribution is -0.389. The molecule has 8 heteroatoms. The van der Waals surface area contributed by atoms with E-state index in [4.69, 9.17) is 10.2 Å². The van der Waals surface area contributed by atoms with E-state index in [0.29, 0.717) is 5.69 Å². The number of hydrogen-bond acceptors (Lipinski definition) is 6. The van der Waals surface area contributed by atoms with Crippen molar-refractivity contribution in [1.29, 1.82) is 0 Å². The van der Waals surface area contributed by atoms with Gasteiger partial charge in [-0.1, -0.05) is 5.10 Å². The Hall–Kier alpha value is -2.38. The van der Waals surface area contributed by atoms with Crippen LogP contribution in [0.5, 0.6) is 0 Å². The Labute approximate surface area is 76.9 Å². The first kappa shape index (κ1) is 8.23. The lowest BCUT2D eigenvalue weighted by Gasteiger charge is -1.84. The molecule has 0 aliphatic rings. The van der Waals surface area contributed by atoms with E-state index >= 15 is 0 Å². The summed E-state index contributed by atoms with van der Waals surface area (Å²) in [6, 6.07) is 1.23. The van der Waals surface area contributed by atoms with Gasteiger partial charge in [0, 0.05) is 0 Å². The average molecular weight is 195 g/mol. The molecule has 0 saturated heterocycles. The second kappa shape index (κ2) is 2.83. The molecule has 8 nitrogen and oxygen atoms in total. The van der Waals surface area contributed by atoms with Crippen molar-refractivity contribution in [2.75, 3.05) is 5.73 Å². The van der Waals surface area contributed by atoms with Crippen LogP contribution >= 0.6 is 0 Å². The summed E-state index contributed by atoms with van der Waals surface area (Å²) < 4.78 is 4.92. The minimum Gasteiger partial charge on any atom is -0.422 e. The van der Waals surface area contributed by atoms with Crippen molar-refractivity contribution in [1.82, 2.24) is 15.2 Å². The highest BCUT2D eigenvalue weighted by atomic mass is 16.6. The van der Waals surface area contributed by atoms with E-state index in [1.165, 1.54) is 12.3 Å². The Bertz CT molecular complexity index is 473. The maximum absolute atomic E-state index is 10.3. The van der Waals surface area contributed by atoms with Crippen LogP contribution in [0.25, 0.3) is 11.5 Å². The average Bonchev–Trinajstić information content (AvgIpc) is 2.70. The van der Waals surface area contributed by atoms with Crippen molar-refractivity contribution in [2.45, 2.75) is 0 Å². The minimum absolute atomic E-state index is 0.00865. The topological polar surface area (TPSA) is 124 Å². The van der Waals surface area contributed by atoms with Gasteiger partial charge in [0.1, 0.15) is 0 Å². The highest BCUT2D eigenvalue weighted by Gasteiger charge is 2.14. The molecule has 0 atom stereocenters. The van der Waals surface area contributed by atoms with Gasteiger partial charge in [-0.3, -0.25) is 0 Å². The van der Waals surface area contributed by atoms with Crippen LogP contribution in [0.1, 0.15) is 0 Å². The highest BCUT2D eigenvalue weighted by molar-refractivity contribution is 5.54. The number of rotatable bonds is 2. The van der Waals surface area contributed by atoms with E-state index in [2.05, 4.69) is 15.2 Å². The van der Waals surface area contributed by atoms with Gasteiger partial charge in [-0.2, -0.15) is 0 Å². The number of nitrogens with zero attached hydrogens (tertiary/aromatic N) is 3. The molecule has 0 aliphatic heterocycles. The van der Waals surface area contributed by atoms with Crippen molar-refractivity contribution in [3.63, 3.8) is 0 Å². The molecule has 0 aromatic carbocycles. The van der Waals surface area contributed by atoms with E-state index in [1.54, 1.807) is 0 Å². The van der Waals surface area contributed by atoms with Crippen LogP contribution in [0.3, 0.4) is 0 Å². The number of anilines is 1. The van der Waals surface area contributed by atoms with Crippen molar-refractivity contribution in [3.05, 3.63) is 22.4 Å². The zero-order valence-corrected chi connectivity index (χ0v) is 6.80. The van der Waals surface area contributed by atoms with Gasteiger partial charge in [-0.15, -0.1) is 5.10 Å². The fraction of sp³-hybridized carbons (Fsp3) is 0. The van der Waals surface area contributed by atoms with Crippen LogP contribution in [0.2, 0.25) is 0 Å². The molecule has 2 aromatic rings. The number of oxazole rings is 1. The summed E-state index contributed by atoms with van der Waals surface area (Å²) in [6.45, 7) is 0. The molecular formula is C6H5N5O3. The monoisotopic (exact) mass is 195 g/mol. The van der Waals surface area contributed by atoms with Gasteiger partial charge in [-0.25, -0.2) is 4.98 Å². The van der Waals surface area contributed by atoms with Crippen LogP contribution in [0.15, 0.2) is 16.7 Å². The van der Waals surface area contributed by atoms with Gasteiger partial charge >= 0.3 is 5.82 Å². The maximum atomic E-state index is 10.3. The smallest absolute Gasteiger partial charge is 0.343 e.